The van der Waals surface area contributed by atoms with E-state index < -0.39 is 8.07 Å². The number of carbonyl (C=O) groups excluding carboxylic acids is 1. The first-order valence-electron chi connectivity index (χ1n) is 15.0. The zero-order valence-electron chi connectivity index (χ0n) is 24.2. The molecule has 0 aromatic heterocycles. The molecule has 0 fully saturated rings. The molecule has 37 heavy (non-hydrogen) atoms. The summed E-state index contributed by atoms with van der Waals surface area (Å²) in [7, 11) is -1.03. The van der Waals surface area contributed by atoms with E-state index in [-0.39, 0.29) is 5.97 Å². The van der Waals surface area contributed by atoms with Gasteiger partial charge in [0.15, 0.2) is 0 Å². The van der Waals surface area contributed by atoms with Crippen molar-refractivity contribution < 1.29 is 14.3 Å². The molecule has 0 N–H and O–H groups in total. The van der Waals surface area contributed by atoms with E-state index in [2.05, 4.69) is 39.1 Å². The standard InChI is InChI=1S/C33H52O3Si/c1-5-7-9-10-11-12-13-14-17-29-18-20-30(21-19-29)33(34)36-32-24-22-31(23-25-32)35-26-15-16-28-37(3,4)27-8-6-2/h18-25H,5-17,26-28H2,1-4H3. The molecule has 0 aliphatic carbocycles. The third kappa shape index (κ3) is 13.9. The molecular weight excluding hydrogens is 472 g/mol. The topological polar surface area (TPSA) is 35.5 Å². The predicted molar refractivity (Wildman–Crippen MR) is 161 cm³/mol. The van der Waals surface area contributed by atoms with Crippen molar-refractivity contribution in [2.45, 2.75) is 123 Å². The molecule has 3 nitrogen and oxygen atoms in total. The molecule has 0 bridgehead atoms. The number of aryl methyl sites for hydroxylation is 1. The third-order valence-corrected chi connectivity index (χ3v) is 10.7. The molecule has 0 heterocycles. The monoisotopic (exact) mass is 524 g/mol. The highest BCUT2D eigenvalue weighted by atomic mass is 28.3. The Morgan fingerprint density at radius 2 is 1.22 bits per heavy atom. The van der Waals surface area contributed by atoms with Crippen molar-refractivity contribution in [3.05, 3.63) is 59.7 Å². The molecule has 2 aromatic carbocycles. The number of esters is 1. The van der Waals surface area contributed by atoms with Gasteiger partial charge in [-0.25, -0.2) is 4.79 Å². The average molecular weight is 525 g/mol. The van der Waals surface area contributed by atoms with Crippen molar-refractivity contribution in [3.8, 4) is 11.5 Å². The Hall–Kier alpha value is -2.07. The van der Waals surface area contributed by atoms with Crippen molar-refractivity contribution in [3.63, 3.8) is 0 Å². The van der Waals surface area contributed by atoms with E-state index in [1.807, 2.05) is 36.4 Å². The minimum atomic E-state index is -1.03. The van der Waals surface area contributed by atoms with Gasteiger partial charge in [0.2, 0.25) is 0 Å². The van der Waals surface area contributed by atoms with Gasteiger partial charge in [-0.1, -0.05) is 115 Å². The Labute approximate surface area is 228 Å². The summed E-state index contributed by atoms with van der Waals surface area (Å²) in [6.45, 7) is 10.3. The fourth-order valence-corrected chi connectivity index (χ4v) is 7.48. The van der Waals surface area contributed by atoms with Gasteiger partial charge in [0.05, 0.1) is 12.2 Å². The first-order chi connectivity index (χ1) is 17.9. The zero-order chi connectivity index (χ0) is 26.8. The maximum atomic E-state index is 12.6. The van der Waals surface area contributed by atoms with Crippen LogP contribution in [0.3, 0.4) is 0 Å². The summed E-state index contributed by atoms with van der Waals surface area (Å²) in [5.41, 5.74) is 1.88. The van der Waals surface area contributed by atoms with Gasteiger partial charge in [0.1, 0.15) is 11.5 Å². The first-order valence-corrected chi connectivity index (χ1v) is 18.4. The minimum absolute atomic E-state index is 0.317. The Balaban J connectivity index is 1.64. The molecule has 0 spiro atoms. The third-order valence-electron chi connectivity index (χ3n) is 7.27. The van der Waals surface area contributed by atoms with Crippen LogP contribution in [0.5, 0.6) is 11.5 Å². The Kier molecular flexibility index (Phi) is 15.3. The smallest absolute Gasteiger partial charge is 0.343 e. The minimum Gasteiger partial charge on any atom is -0.494 e. The van der Waals surface area contributed by atoms with Crippen LogP contribution in [0.15, 0.2) is 48.5 Å². The molecule has 0 atom stereocenters. The highest BCUT2D eigenvalue weighted by Gasteiger charge is 2.18. The van der Waals surface area contributed by atoms with Gasteiger partial charge in [0, 0.05) is 8.07 Å². The Morgan fingerprint density at radius 3 is 1.86 bits per heavy atom. The maximum absolute atomic E-state index is 12.6. The lowest BCUT2D eigenvalue weighted by Gasteiger charge is -2.21. The summed E-state index contributed by atoms with van der Waals surface area (Å²) in [5.74, 6) is 1.05. The van der Waals surface area contributed by atoms with Crippen molar-refractivity contribution in [2.24, 2.45) is 0 Å². The molecule has 0 unspecified atom stereocenters. The van der Waals surface area contributed by atoms with Crippen molar-refractivity contribution in [1.29, 1.82) is 0 Å². The van der Waals surface area contributed by atoms with Gasteiger partial charge in [-0.15, -0.1) is 0 Å². The lowest BCUT2D eigenvalue weighted by Crippen LogP contribution is -2.24. The SMILES string of the molecule is CCCCCCCCCCc1ccc(C(=O)Oc2ccc(OCCCC[Si](C)(C)CCCC)cc2)cc1. The summed E-state index contributed by atoms with van der Waals surface area (Å²) >= 11 is 0. The Bertz CT molecular complexity index is 858. The average Bonchev–Trinajstić information content (AvgIpc) is 2.90. The molecule has 0 aliphatic rings. The van der Waals surface area contributed by atoms with Crippen molar-refractivity contribution in [1.82, 2.24) is 0 Å². The van der Waals surface area contributed by atoms with E-state index >= 15 is 0 Å². The van der Waals surface area contributed by atoms with Crippen LogP contribution in [-0.4, -0.2) is 20.7 Å². The predicted octanol–water partition coefficient (Wildman–Crippen LogP) is 10.3. The molecule has 0 saturated heterocycles. The fourth-order valence-electron chi connectivity index (χ4n) is 4.72. The van der Waals surface area contributed by atoms with Crippen molar-refractivity contribution in [2.75, 3.05) is 6.61 Å². The lowest BCUT2D eigenvalue weighted by atomic mass is 10.0. The van der Waals surface area contributed by atoms with Crippen LogP contribution < -0.4 is 9.47 Å². The summed E-state index contributed by atoms with van der Waals surface area (Å²) in [6.07, 6.45) is 16.7. The van der Waals surface area contributed by atoms with Crippen LogP contribution >= 0.6 is 0 Å². The molecule has 0 amide bonds. The number of unbranched alkanes of at least 4 members (excludes halogenated alkanes) is 9. The molecule has 2 rings (SSSR count). The van der Waals surface area contributed by atoms with E-state index in [4.69, 9.17) is 9.47 Å². The quantitative estimate of drug-likeness (QED) is 0.0748. The van der Waals surface area contributed by atoms with Crippen LogP contribution in [-0.2, 0) is 6.42 Å². The van der Waals surface area contributed by atoms with Crippen LogP contribution in [0.1, 0.15) is 107 Å². The van der Waals surface area contributed by atoms with Crippen LogP contribution in [0.25, 0.3) is 0 Å². The number of rotatable bonds is 20. The molecule has 0 saturated carbocycles. The second-order valence-corrected chi connectivity index (χ2v) is 16.7. The highest BCUT2D eigenvalue weighted by Crippen LogP contribution is 2.23. The van der Waals surface area contributed by atoms with E-state index in [0.717, 1.165) is 25.2 Å². The van der Waals surface area contributed by atoms with Crippen molar-refractivity contribution >= 4 is 14.0 Å². The highest BCUT2D eigenvalue weighted by molar-refractivity contribution is 6.77. The second-order valence-electron chi connectivity index (χ2n) is 11.4. The molecule has 4 heteroatoms. The number of hydrogen-bond donors (Lipinski definition) is 0. The fraction of sp³-hybridized carbons (Fsp3) is 0.606. The van der Waals surface area contributed by atoms with E-state index in [1.165, 1.54) is 88.3 Å². The number of hydrogen-bond acceptors (Lipinski definition) is 3. The summed E-state index contributed by atoms with van der Waals surface area (Å²) < 4.78 is 11.5. The summed E-state index contributed by atoms with van der Waals surface area (Å²) in [6, 6.07) is 18.1. The first kappa shape index (κ1) is 31.1. The number of ether oxygens (including phenoxy) is 2. The second kappa shape index (κ2) is 18.2. The van der Waals surface area contributed by atoms with Gasteiger partial charge in [-0.3, -0.25) is 0 Å². The molecular formula is C33H52O3Si. The maximum Gasteiger partial charge on any atom is 0.343 e. The largest absolute Gasteiger partial charge is 0.494 e. The normalized spacial score (nSPS) is 11.5. The van der Waals surface area contributed by atoms with Crippen LogP contribution in [0.4, 0.5) is 0 Å². The van der Waals surface area contributed by atoms with Gasteiger partial charge in [-0.05, 0) is 61.2 Å². The Morgan fingerprint density at radius 1 is 0.649 bits per heavy atom. The number of benzene rings is 2. The molecule has 206 valence electrons. The van der Waals surface area contributed by atoms with E-state index in [9.17, 15) is 4.79 Å². The van der Waals surface area contributed by atoms with Crippen LogP contribution in [0, 0.1) is 0 Å². The lowest BCUT2D eigenvalue weighted by molar-refractivity contribution is 0.0734. The van der Waals surface area contributed by atoms with Gasteiger partial charge >= 0.3 is 5.97 Å². The molecule has 2 aromatic rings. The van der Waals surface area contributed by atoms with Gasteiger partial charge in [-0.2, -0.15) is 0 Å². The van der Waals surface area contributed by atoms with E-state index in [1.54, 1.807) is 0 Å². The molecule has 0 aliphatic heterocycles. The van der Waals surface area contributed by atoms with Gasteiger partial charge in [0.25, 0.3) is 0 Å². The number of carbonyl (C=O) groups is 1. The van der Waals surface area contributed by atoms with E-state index in [0.29, 0.717) is 11.3 Å². The van der Waals surface area contributed by atoms with Gasteiger partial charge < -0.3 is 9.47 Å². The summed E-state index contributed by atoms with van der Waals surface area (Å²) in [5, 5.41) is 0. The molecule has 0 radical (unpaired) electrons. The zero-order valence-corrected chi connectivity index (χ0v) is 25.2. The summed E-state index contributed by atoms with van der Waals surface area (Å²) in [4.78, 5) is 12.6. The van der Waals surface area contributed by atoms with Crippen LogP contribution in [0.2, 0.25) is 25.2 Å².